The van der Waals surface area contributed by atoms with E-state index in [-0.39, 0.29) is 12.4 Å². The molecule has 0 atom stereocenters. The van der Waals surface area contributed by atoms with Crippen LogP contribution in [0.3, 0.4) is 0 Å². The van der Waals surface area contributed by atoms with Crippen LogP contribution in [0.25, 0.3) is 11.5 Å². The van der Waals surface area contributed by atoms with Crippen LogP contribution in [0, 0.1) is 0 Å². The molecule has 0 amide bonds. The van der Waals surface area contributed by atoms with E-state index in [4.69, 9.17) is 9.62 Å². The Morgan fingerprint density at radius 1 is 1.17 bits per heavy atom. The van der Waals surface area contributed by atoms with Crippen LogP contribution in [0.15, 0.2) is 53.3 Å². The Kier molecular flexibility index (Phi) is 5.73. The Morgan fingerprint density at radius 3 is 2.97 bits per heavy atom. The number of aryl methyl sites for hydroxylation is 1. The third-order valence-electron chi connectivity index (χ3n) is 4.86. The SMILES string of the molecule is Cl.c1ccc(Cc2nc(Cn3ccnc3-c3cc4n(n3)CCCNC4)no2)cc1. The number of rotatable bonds is 5. The number of hydrogen-bond donors (Lipinski definition) is 1. The molecule has 3 aromatic heterocycles. The number of fused-ring (bicyclic) bond motifs is 1. The predicted octanol–water partition coefficient (Wildman–Crippen LogP) is 2.68. The van der Waals surface area contributed by atoms with Crippen molar-refractivity contribution in [3.63, 3.8) is 0 Å². The van der Waals surface area contributed by atoms with E-state index >= 15 is 0 Å². The minimum Gasteiger partial charge on any atom is -0.339 e. The fourth-order valence-corrected chi connectivity index (χ4v) is 3.49. The molecule has 9 heteroatoms. The molecule has 1 aliphatic rings. The Labute approximate surface area is 174 Å². The maximum Gasteiger partial charge on any atom is 0.231 e. The molecule has 8 nitrogen and oxygen atoms in total. The van der Waals surface area contributed by atoms with Gasteiger partial charge in [0.25, 0.3) is 0 Å². The van der Waals surface area contributed by atoms with Gasteiger partial charge in [0.2, 0.25) is 5.89 Å². The van der Waals surface area contributed by atoms with Crippen molar-refractivity contribution < 1.29 is 4.52 Å². The van der Waals surface area contributed by atoms with Crippen molar-refractivity contribution in [2.45, 2.75) is 32.5 Å². The number of nitrogens with zero attached hydrogens (tertiary/aromatic N) is 6. The molecule has 0 fully saturated rings. The van der Waals surface area contributed by atoms with Crippen LogP contribution in [0.4, 0.5) is 0 Å². The first-order chi connectivity index (χ1) is 13.8. The van der Waals surface area contributed by atoms with E-state index in [2.05, 4.69) is 43.3 Å². The fourth-order valence-electron chi connectivity index (χ4n) is 3.49. The monoisotopic (exact) mass is 411 g/mol. The molecule has 4 heterocycles. The van der Waals surface area contributed by atoms with E-state index in [0.717, 1.165) is 43.1 Å². The van der Waals surface area contributed by atoms with Crippen molar-refractivity contribution in [2.75, 3.05) is 6.54 Å². The molecule has 1 N–H and O–H groups in total. The molecule has 1 aromatic carbocycles. The summed E-state index contributed by atoms with van der Waals surface area (Å²) in [4.78, 5) is 9.04. The van der Waals surface area contributed by atoms with E-state index in [0.29, 0.717) is 24.7 Å². The maximum atomic E-state index is 5.42. The Hall–Kier alpha value is -2.97. The highest BCUT2D eigenvalue weighted by molar-refractivity contribution is 5.85. The molecule has 4 aromatic rings. The number of aromatic nitrogens is 6. The summed E-state index contributed by atoms with van der Waals surface area (Å²) < 4.78 is 9.50. The zero-order chi connectivity index (χ0) is 18.8. The number of benzene rings is 1. The zero-order valence-corrected chi connectivity index (χ0v) is 16.7. The van der Waals surface area contributed by atoms with E-state index in [1.165, 1.54) is 5.69 Å². The van der Waals surface area contributed by atoms with Crippen LogP contribution < -0.4 is 5.32 Å². The maximum absolute atomic E-state index is 5.42. The van der Waals surface area contributed by atoms with E-state index in [1.807, 2.05) is 29.0 Å². The van der Waals surface area contributed by atoms with Crippen LogP contribution in [-0.4, -0.2) is 36.0 Å². The topological polar surface area (TPSA) is 86.6 Å². The van der Waals surface area contributed by atoms with Crippen molar-refractivity contribution in [3.05, 3.63) is 71.8 Å². The Morgan fingerprint density at radius 2 is 2.07 bits per heavy atom. The van der Waals surface area contributed by atoms with Gasteiger partial charge in [-0.05, 0) is 24.6 Å². The quantitative estimate of drug-likeness (QED) is 0.543. The van der Waals surface area contributed by atoms with Crippen molar-refractivity contribution in [1.29, 1.82) is 0 Å². The summed E-state index contributed by atoms with van der Waals surface area (Å²) in [6.45, 7) is 3.28. The molecular formula is C20H22ClN7O. The first kappa shape index (κ1) is 19.4. The van der Waals surface area contributed by atoms with E-state index in [9.17, 15) is 0 Å². The van der Waals surface area contributed by atoms with Crippen molar-refractivity contribution >= 4 is 12.4 Å². The summed E-state index contributed by atoms with van der Waals surface area (Å²) in [6.07, 6.45) is 5.41. The van der Waals surface area contributed by atoms with Crippen LogP contribution in [0.5, 0.6) is 0 Å². The van der Waals surface area contributed by atoms with Crippen LogP contribution >= 0.6 is 12.4 Å². The molecular weight excluding hydrogens is 390 g/mol. The summed E-state index contributed by atoms with van der Waals surface area (Å²) in [5.41, 5.74) is 3.21. The smallest absolute Gasteiger partial charge is 0.231 e. The van der Waals surface area contributed by atoms with E-state index < -0.39 is 0 Å². The van der Waals surface area contributed by atoms with Gasteiger partial charge in [-0.3, -0.25) is 4.68 Å². The van der Waals surface area contributed by atoms with Crippen molar-refractivity contribution in [1.82, 2.24) is 34.8 Å². The van der Waals surface area contributed by atoms with Crippen LogP contribution in [0.1, 0.15) is 29.4 Å². The molecule has 0 spiro atoms. The molecule has 1 aliphatic heterocycles. The second kappa shape index (κ2) is 8.59. The third-order valence-corrected chi connectivity index (χ3v) is 4.86. The summed E-state index contributed by atoms with van der Waals surface area (Å²) in [5, 5.41) is 12.3. The van der Waals surface area contributed by atoms with Crippen molar-refractivity contribution in [3.8, 4) is 11.5 Å². The molecule has 150 valence electrons. The summed E-state index contributed by atoms with van der Waals surface area (Å²) >= 11 is 0. The lowest BCUT2D eigenvalue weighted by Crippen LogP contribution is -2.11. The molecule has 29 heavy (non-hydrogen) atoms. The first-order valence-electron chi connectivity index (χ1n) is 9.49. The zero-order valence-electron chi connectivity index (χ0n) is 15.9. The largest absolute Gasteiger partial charge is 0.339 e. The van der Waals surface area contributed by atoms with Gasteiger partial charge >= 0.3 is 0 Å². The Bertz CT molecular complexity index is 1050. The second-order valence-corrected chi connectivity index (χ2v) is 6.92. The van der Waals surface area contributed by atoms with E-state index in [1.54, 1.807) is 6.20 Å². The number of nitrogens with one attached hydrogen (secondary N) is 1. The molecule has 0 radical (unpaired) electrons. The minimum atomic E-state index is 0. The van der Waals surface area contributed by atoms with Crippen molar-refractivity contribution in [2.24, 2.45) is 0 Å². The Balaban J connectivity index is 0.00000205. The molecule has 5 rings (SSSR count). The molecule has 0 unspecified atom stereocenters. The number of imidazole rings is 1. The predicted molar refractivity (Wildman–Crippen MR) is 110 cm³/mol. The summed E-state index contributed by atoms with van der Waals surface area (Å²) in [6, 6.07) is 12.2. The van der Waals surface area contributed by atoms with Gasteiger partial charge in [-0.15, -0.1) is 12.4 Å². The second-order valence-electron chi connectivity index (χ2n) is 6.92. The van der Waals surface area contributed by atoms with Gasteiger partial charge in [0.15, 0.2) is 11.6 Å². The molecule has 0 saturated carbocycles. The van der Waals surface area contributed by atoms with Gasteiger partial charge < -0.3 is 14.4 Å². The lowest BCUT2D eigenvalue weighted by atomic mass is 10.1. The van der Waals surface area contributed by atoms with Gasteiger partial charge in [-0.25, -0.2) is 4.98 Å². The summed E-state index contributed by atoms with van der Waals surface area (Å²) in [7, 11) is 0. The molecule has 0 saturated heterocycles. The lowest BCUT2D eigenvalue weighted by Gasteiger charge is -2.03. The third kappa shape index (κ3) is 4.23. The summed E-state index contributed by atoms with van der Waals surface area (Å²) in [5.74, 6) is 2.06. The number of hydrogen-bond acceptors (Lipinski definition) is 6. The standard InChI is InChI=1S/C20H21N7O.ClH/c1-2-5-15(6-3-1)11-19-23-18(25-28-19)14-26-10-8-22-20(26)17-12-16-13-21-7-4-9-27(16)24-17;/h1-3,5-6,8,10,12,21H,4,7,9,11,13-14H2;1H. The highest BCUT2D eigenvalue weighted by Gasteiger charge is 2.17. The first-order valence-corrected chi connectivity index (χ1v) is 9.49. The van der Waals surface area contributed by atoms with Gasteiger partial charge in [0.05, 0.1) is 18.7 Å². The average molecular weight is 412 g/mol. The minimum absolute atomic E-state index is 0. The van der Waals surface area contributed by atoms with Gasteiger partial charge in [0, 0.05) is 25.5 Å². The lowest BCUT2D eigenvalue weighted by molar-refractivity contribution is 0.378. The molecule has 0 aliphatic carbocycles. The normalized spacial score (nSPS) is 13.5. The van der Waals surface area contributed by atoms with Crippen LogP contribution in [-0.2, 0) is 26.1 Å². The number of halogens is 1. The van der Waals surface area contributed by atoms with Crippen LogP contribution in [0.2, 0.25) is 0 Å². The van der Waals surface area contributed by atoms with Gasteiger partial charge in [-0.2, -0.15) is 10.1 Å². The highest BCUT2D eigenvalue weighted by Crippen LogP contribution is 2.20. The van der Waals surface area contributed by atoms with Gasteiger partial charge in [0.1, 0.15) is 5.69 Å². The highest BCUT2D eigenvalue weighted by atomic mass is 35.5. The molecule has 0 bridgehead atoms. The average Bonchev–Trinajstić information content (AvgIpc) is 3.41. The fraction of sp³-hybridized carbons (Fsp3) is 0.300. The van der Waals surface area contributed by atoms with Gasteiger partial charge in [-0.1, -0.05) is 35.5 Å².